The molecule has 4 aromatic rings. The molecule has 0 atom stereocenters. The Labute approximate surface area is 195 Å². The van der Waals surface area contributed by atoms with Crippen molar-refractivity contribution in [1.82, 2.24) is 15.2 Å². The molecule has 0 saturated carbocycles. The molecule has 8 heteroatoms. The topological polar surface area (TPSA) is 68.9 Å². The van der Waals surface area contributed by atoms with Crippen LogP contribution in [0, 0.1) is 17.1 Å². The van der Waals surface area contributed by atoms with Crippen LogP contribution in [0.25, 0.3) is 10.8 Å². The third kappa shape index (κ3) is 4.43. The second-order valence-electron chi connectivity index (χ2n) is 7.95. The fourth-order valence-electron chi connectivity index (χ4n) is 4.11. The average Bonchev–Trinajstić information content (AvgIpc) is 2.86. The Morgan fingerprint density at radius 2 is 1.67 bits per heavy atom. The van der Waals surface area contributed by atoms with Gasteiger partial charge in [-0.1, -0.05) is 23.7 Å². The lowest BCUT2D eigenvalue weighted by atomic mass is 10.0. The van der Waals surface area contributed by atoms with E-state index in [1.807, 2.05) is 24.3 Å². The molecule has 0 amide bonds. The van der Waals surface area contributed by atoms with Gasteiger partial charge in [0.2, 0.25) is 0 Å². The average molecular weight is 459 g/mol. The van der Waals surface area contributed by atoms with Crippen LogP contribution in [0.2, 0.25) is 5.02 Å². The first kappa shape index (κ1) is 21.1. The van der Waals surface area contributed by atoms with Crippen LogP contribution in [0.15, 0.2) is 60.8 Å². The van der Waals surface area contributed by atoms with Crippen LogP contribution in [0.5, 0.6) is 0 Å². The summed E-state index contributed by atoms with van der Waals surface area (Å²) in [7, 11) is 0. The maximum absolute atomic E-state index is 13.3. The van der Waals surface area contributed by atoms with Crippen molar-refractivity contribution in [2.75, 3.05) is 36.0 Å². The Morgan fingerprint density at radius 1 is 0.909 bits per heavy atom. The zero-order chi connectivity index (χ0) is 22.8. The molecule has 1 aliphatic rings. The summed E-state index contributed by atoms with van der Waals surface area (Å²) in [6, 6.07) is 18.0. The molecule has 1 saturated heterocycles. The summed E-state index contributed by atoms with van der Waals surface area (Å²) < 4.78 is 13.3. The summed E-state index contributed by atoms with van der Waals surface area (Å²) in [5, 5.41) is 20.7. The van der Waals surface area contributed by atoms with Gasteiger partial charge in [0, 0.05) is 54.6 Å². The lowest BCUT2D eigenvalue weighted by Gasteiger charge is -2.36. The van der Waals surface area contributed by atoms with Crippen LogP contribution in [0.3, 0.4) is 0 Å². The molecule has 0 bridgehead atoms. The van der Waals surface area contributed by atoms with Gasteiger partial charge in [-0.25, -0.2) is 9.37 Å². The first-order valence-electron chi connectivity index (χ1n) is 10.7. The van der Waals surface area contributed by atoms with Gasteiger partial charge in [0.15, 0.2) is 5.82 Å². The maximum atomic E-state index is 13.3. The SMILES string of the molecule is N#Cc1ccc(N2CCN(c3nnc(Cc4ccc(F)cc4)c4cc(Cl)ccc34)CC2)nc1. The number of fused-ring (bicyclic) bond motifs is 1. The third-order valence-electron chi connectivity index (χ3n) is 5.86. The molecule has 6 nitrogen and oxygen atoms in total. The van der Waals surface area contributed by atoms with E-state index in [1.165, 1.54) is 12.1 Å². The van der Waals surface area contributed by atoms with Crippen LogP contribution >= 0.6 is 11.6 Å². The van der Waals surface area contributed by atoms with E-state index in [1.54, 1.807) is 24.4 Å². The molecule has 1 aliphatic heterocycles. The number of benzene rings is 2. The Balaban J connectivity index is 1.39. The molecule has 5 rings (SSSR count). The Kier molecular flexibility index (Phi) is 5.76. The fourth-order valence-corrected chi connectivity index (χ4v) is 4.28. The molecular weight excluding hydrogens is 439 g/mol. The number of nitrogens with zero attached hydrogens (tertiary/aromatic N) is 6. The maximum Gasteiger partial charge on any atom is 0.159 e. The highest BCUT2D eigenvalue weighted by Crippen LogP contribution is 2.30. The molecule has 0 unspecified atom stereocenters. The van der Waals surface area contributed by atoms with E-state index in [4.69, 9.17) is 16.9 Å². The van der Waals surface area contributed by atoms with Crippen molar-refractivity contribution in [3.8, 4) is 6.07 Å². The van der Waals surface area contributed by atoms with Crippen molar-refractivity contribution in [2.24, 2.45) is 0 Å². The number of pyridine rings is 1. The normalized spacial score (nSPS) is 13.8. The summed E-state index contributed by atoms with van der Waals surface area (Å²) in [6.07, 6.45) is 2.15. The first-order valence-corrected chi connectivity index (χ1v) is 11.0. The van der Waals surface area contributed by atoms with Gasteiger partial charge < -0.3 is 9.80 Å². The van der Waals surface area contributed by atoms with E-state index in [0.29, 0.717) is 17.0 Å². The fraction of sp³-hybridized carbons (Fsp3) is 0.200. The van der Waals surface area contributed by atoms with Gasteiger partial charge in [-0.15, -0.1) is 5.10 Å². The van der Waals surface area contributed by atoms with E-state index in [2.05, 4.69) is 31.1 Å². The second-order valence-corrected chi connectivity index (χ2v) is 8.39. The largest absolute Gasteiger partial charge is 0.353 e. The van der Waals surface area contributed by atoms with Gasteiger partial charge in [0.1, 0.15) is 17.7 Å². The number of halogens is 2. The Hall–Kier alpha value is -3.76. The number of anilines is 2. The summed E-state index contributed by atoms with van der Waals surface area (Å²) in [6.45, 7) is 3.11. The van der Waals surface area contributed by atoms with Crippen molar-refractivity contribution in [3.63, 3.8) is 0 Å². The molecule has 1 fully saturated rings. The van der Waals surface area contributed by atoms with Crippen molar-refractivity contribution in [1.29, 1.82) is 5.26 Å². The van der Waals surface area contributed by atoms with E-state index in [9.17, 15) is 4.39 Å². The predicted octanol–water partition coefficient (Wildman–Crippen LogP) is 4.61. The zero-order valence-electron chi connectivity index (χ0n) is 17.7. The number of hydrogen-bond donors (Lipinski definition) is 0. The molecule has 0 N–H and O–H groups in total. The van der Waals surface area contributed by atoms with Crippen LogP contribution in [0.1, 0.15) is 16.8 Å². The molecule has 164 valence electrons. The minimum atomic E-state index is -0.261. The molecule has 0 aliphatic carbocycles. The standard InChI is InChI=1S/C25H20ClFN6/c26-19-4-7-21-22(14-19)23(13-17-1-5-20(27)6-2-17)30-31-25(21)33-11-9-32(10-12-33)24-8-3-18(15-28)16-29-24/h1-8,14,16H,9-13H2. The highest BCUT2D eigenvalue weighted by Gasteiger charge is 2.22. The quantitative estimate of drug-likeness (QED) is 0.445. The molecule has 2 aromatic heterocycles. The minimum absolute atomic E-state index is 0.261. The van der Waals surface area contributed by atoms with Crippen molar-refractivity contribution in [2.45, 2.75) is 6.42 Å². The minimum Gasteiger partial charge on any atom is -0.353 e. The van der Waals surface area contributed by atoms with Gasteiger partial charge in [-0.2, -0.15) is 10.4 Å². The van der Waals surface area contributed by atoms with Crippen LogP contribution in [-0.2, 0) is 6.42 Å². The van der Waals surface area contributed by atoms with Crippen LogP contribution in [0.4, 0.5) is 16.0 Å². The smallest absolute Gasteiger partial charge is 0.159 e. The number of hydrogen-bond acceptors (Lipinski definition) is 6. The van der Waals surface area contributed by atoms with E-state index < -0.39 is 0 Å². The van der Waals surface area contributed by atoms with Gasteiger partial charge in [0.05, 0.1) is 11.3 Å². The number of aromatic nitrogens is 3. The highest BCUT2D eigenvalue weighted by atomic mass is 35.5. The molecular formula is C25H20ClFN6. The third-order valence-corrected chi connectivity index (χ3v) is 6.10. The summed E-state index contributed by atoms with van der Waals surface area (Å²) in [5.41, 5.74) is 2.32. The predicted molar refractivity (Wildman–Crippen MR) is 127 cm³/mol. The van der Waals surface area contributed by atoms with Crippen molar-refractivity contribution >= 4 is 34.0 Å². The summed E-state index contributed by atoms with van der Waals surface area (Å²) in [5.74, 6) is 1.44. The number of rotatable bonds is 4. The monoisotopic (exact) mass is 458 g/mol. The zero-order valence-corrected chi connectivity index (χ0v) is 18.5. The Morgan fingerprint density at radius 3 is 2.36 bits per heavy atom. The lowest BCUT2D eigenvalue weighted by molar-refractivity contribution is 0.627. The van der Waals surface area contributed by atoms with Gasteiger partial charge >= 0.3 is 0 Å². The molecule has 33 heavy (non-hydrogen) atoms. The summed E-state index contributed by atoms with van der Waals surface area (Å²) >= 11 is 6.32. The van der Waals surface area contributed by atoms with Gasteiger partial charge in [-0.05, 0) is 48.0 Å². The van der Waals surface area contributed by atoms with Gasteiger partial charge in [-0.3, -0.25) is 0 Å². The van der Waals surface area contributed by atoms with E-state index in [0.717, 1.165) is 59.8 Å². The Bertz CT molecular complexity index is 1330. The molecule has 0 radical (unpaired) electrons. The second kappa shape index (κ2) is 9.00. The first-order chi connectivity index (χ1) is 16.1. The highest BCUT2D eigenvalue weighted by molar-refractivity contribution is 6.31. The van der Waals surface area contributed by atoms with Gasteiger partial charge in [0.25, 0.3) is 0 Å². The molecule has 0 spiro atoms. The van der Waals surface area contributed by atoms with E-state index >= 15 is 0 Å². The van der Waals surface area contributed by atoms with Crippen LogP contribution < -0.4 is 9.80 Å². The van der Waals surface area contributed by atoms with Crippen molar-refractivity contribution < 1.29 is 4.39 Å². The lowest BCUT2D eigenvalue weighted by Crippen LogP contribution is -2.47. The number of piperazine rings is 1. The molecule has 2 aromatic carbocycles. The van der Waals surface area contributed by atoms with Crippen molar-refractivity contribution in [3.05, 3.63) is 88.5 Å². The van der Waals surface area contributed by atoms with Crippen LogP contribution in [-0.4, -0.2) is 41.4 Å². The van der Waals surface area contributed by atoms with E-state index in [-0.39, 0.29) is 5.82 Å². The number of nitriles is 1. The summed E-state index contributed by atoms with van der Waals surface area (Å²) in [4.78, 5) is 8.83. The molecule has 3 heterocycles.